The summed E-state index contributed by atoms with van der Waals surface area (Å²) in [6, 6.07) is 4.01. The lowest BCUT2D eigenvalue weighted by molar-refractivity contribution is 0.176. The maximum atomic E-state index is 5.40. The molecular formula is C14H19N5O. The first kappa shape index (κ1) is 13.2. The van der Waals surface area contributed by atoms with E-state index in [1.54, 1.807) is 6.20 Å². The van der Waals surface area contributed by atoms with Crippen LogP contribution < -0.4 is 5.32 Å². The van der Waals surface area contributed by atoms with Gasteiger partial charge < -0.3 is 9.84 Å². The SMILES string of the molecule is Cc1ncccc1-c1nc(C(C)N2CCNCC2)no1. The van der Waals surface area contributed by atoms with Gasteiger partial charge in [0.2, 0.25) is 0 Å². The fraction of sp³-hybridized carbons (Fsp3) is 0.500. The minimum Gasteiger partial charge on any atom is -0.334 e. The van der Waals surface area contributed by atoms with Crippen LogP contribution in [0.15, 0.2) is 22.9 Å². The van der Waals surface area contributed by atoms with E-state index in [1.807, 2.05) is 19.1 Å². The van der Waals surface area contributed by atoms with Crippen LogP contribution in [0, 0.1) is 6.92 Å². The van der Waals surface area contributed by atoms with Gasteiger partial charge in [-0.05, 0) is 26.0 Å². The van der Waals surface area contributed by atoms with Gasteiger partial charge in [0.1, 0.15) is 0 Å². The highest BCUT2D eigenvalue weighted by atomic mass is 16.5. The predicted octanol–water partition coefficient (Wildman–Crippen LogP) is 1.41. The molecule has 0 bridgehead atoms. The summed E-state index contributed by atoms with van der Waals surface area (Å²) in [7, 11) is 0. The number of aryl methyl sites for hydroxylation is 1. The first-order valence-electron chi connectivity index (χ1n) is 6.96. The summed E-state index contributed by atoms with van der Waals surface area (Å²) in [6.45, 7) is 8.11. The molecule has 0 aliphatic carbocycles. The minimum atomic E-state index is 0.173. The first-order valence-corrected chi connectivity index (χ1v) is 6.96. The summed E-state index contributed by atoms with van der Waals surface area (Å²) in [5.74, 6) is 1.29. The number of pyridine rings is 1. The summed E-state index contributed by atoms with van der Waals surface area (Å²) in [6.07, 6.45) is 1.76. The molecule has 1 N–H and O–H groups in total. The number of piperazine rings is 1. The third kappa shape index (κ3) is 2.57. The third-order valence-corrected chi connectivity index (χ3v) is 3.75. The van der Waals surface area contributed by atoms with Gasteiger partial charge in [-0.1, -0.05) is 5.16 Å². The average Bonchev–Trinajstić information content (AvgIpc) is 2.97. The Balaban J connectivity index is 1.81. The van der Waals surface area contributed by atoms with E-state index in [2.05, 4.69) is 32.3 Å². The Hall–Kier alpha value is -1.79. The molecule has 6 nitrogen and oxygen atoms in total. The summed E-state index contributed by atoms with van der Waals surface area (Å²) in [5.41, 5.74) is 1.80. The van der Waals surface area contributed by atoms with E-state index in [0.717, 1.165) is 43.3 Å². The monoisotopic (exact) mass is 273 g/mol. The number of rotatable bonds is 3. The Morgan fingerprint density at radius 2 is 2.15 bits per heavy atom. The van der Waals surface area contributed by atoms with Gasteiger partial charge in [0, 0.05) is 38.1 Å². The van der Waals surface area contributed by atoms with Crippen LogP contribution >= 0.6 is 0 Å². The Bertz CT molecular complexity index is 576. The van der Waals surface area contributed by atoms with E-state index in [0.29, 0.717) is 5.89 Å². The van der Waals surface area contributed by atoms with Gasteiger partial charge in [0.25, 0.3) is 5.89 Å². The van der Waals surface area contributed by atoms with Crippen molar-refractivity contribution in [1.82, 2.24) is 25.3 Å². The fourth-order valence-corrected chi connectivity index (χ4v) is 2.46. The molecule has 2 aromatic rings. The molecule has 0 amide bonds. The van der Waals surface area contributed by atoms with Crippen LogP contribution in [0.1, 0.15) is 24.5 Å². The molecule has 0 radical (unpaired) electrons. The molecular weight excluding hydrogens is 254 g/mol. The second-order valence-corrected chi connectivity index (χ2v) is 5.06. The molecule has 2 aromatic heterocycles. The quantitative estimate of drug-likeness (QED) is 0.912. The summed E-state index contributed by atoms with van der Waals surface area (Å²) in [4.78, 5) is 11.2. The molecule has 106 valence electrons. The Labute approximate surface area is 118 Å². The zero-order chi connectivity index (χ0) is 13.9. The van der Waals surface area contributed by atoms with Gasteiger partial charge >= 0.3 is 0 Å². The van der Waals surface area contributed by atoms with Crippen molar-refractivity contribution in [3.05, 3.63) is 29.8 Å². The van der Waals surface area contributed by atoms with Crippen LogP contribution in [-0.2, 0) is 0 Å². The number of hydrogen-bond donors (Lipinski definition) is 1. The lowest BCUT2D eigenvalue weighted by atomic mass is 10.2. The standard InChI is InChI=1S/C14H19N5O/c1-10-12(4-3-5-16-10)14-17-13(18-20-14)11(2)19-8-6-15-7-9-19/h3-5,11,15H,6-9H2,1-2H3. The van der Waals surface area contributed by atoms with Crippen molar-refractivity contribution in [2.45, 2.75) is 19.9 Å². The number of hydrogen-bond acceptors (Lipinski definition) is 6. The number of aromatic nitrogens is 3. The molecule has 1 fully saturated rings. The molecule has 0 saturated carbocycles. The van der Waals surface area contributed by atoms with Gasteiger partial charge in [-0.3, -0.25) is 9.88 Å². The lowest BCUT2D eigenvalue weighted by Crippen LogP contribution is -2.44. The van der Waals surface area contributed by atoms with Gasteiger partial charge in [0.05, 0.1) is 11.6 Å². The molecule has 1 atom stereocenters. The highest BCUT2D eigenvalue weighted by molar-refractivity contribution is 5.55. The first-order chi connectivity index (χ1) is 9.75. The summed E-state index contributed by atoms with van der Waals surface area (Å²) < 4.78 is 5.40. The lowest BCUT2D eigenvalue weighted by Gasteiger charge is -2.30. The zero-order valence-electron chi connectivity index (χ0n) is 11.8. The zero-order valence-corrected chi connectivity index (χ0v) is 11.8. The van der Waals surface area contributed by atoms with Crippen molar-refractivity contribution in [1.29, 1.82) is 0 Å². The number of nitrogens with one attached hydrogen (secondary N) is 1. The highest BCUT2D eigenvalue weighted by Gasteiger charge is 2.23. The second kappa shape index (κ2) is 5.68. The van der Waals surface area contributed by atoms with Crippen LogP contribution in [0.25, 0.3) is 11.5 Å². The smallest absolute Gasteiger partial charge is 0.259 e. The van der Waals surface area contributed by atoms with Crippen molar-refractivity contribution in [3.63, 3.8) is 0 Å². The molecule has 1 unspecified atom stereocenters. The summed E-state index contributed by atoms with van der Waals surface area (Å²) >= 11 is 0. The van der Waals surface area contributed by atoms with Crippen LogP contribution in [0.2, 0.25) is 0 Å². The van der Waals surface area contributed by atoms with E-state index in [-0.39, 0.29) is 6.04 Å². The molecule has 1 aliphatic heterocycles. The molecule has 1 saturated heterocycles. The Morgan fingerprint density at radius 3 is 2.90 bits per heavy atom. The van der Waals surface area contributed by atoms with Crippen molar-refractivity contribution in [3.8, 4) is 11.5 Å². The maximum Gasteiger partial charge on any atom is 0.259 e. The summed E-state index contributed by atoms with van der Waals surface area (Å²) in [5, 5.41) is 7.48. The Kier molecular flexibility index (Phi) is 3.75. The number of nitrogens with zero attached hydrogens (tertiary/aromatic N) is 4. The van der Waals surface area contributed by atoms with Crippen LogP contribution in [0.3, 0.4) is 0 Å². The van der Waals surface area contributed by atoms with E-state index in [4.69, 9.17) is 4.52 Å². The predicted molar refractivity (Wildman–Crippen MR) is 75.1 cm³/mol. The average molecular weight is 273 g/mol. The topological polar surface area (TPSA) is 67.1 Å². The second-order valence-electron chi connectivity index (χ2n) is 5.06. The molecule has 20 heavy (non-hydrogen) atoms. The fourth-order valence-electron chi connectivity index (χ4n) is 2.46. The van der Waals surface area contributed by atoms with E-state index in [9.17, 15) is 0 Å². The van der Waals surface area contributed by atoms with Crippen molar-refractivity contribution < 1.29 is 4.52 Å². The van der Waals surface area contributed by atoms with E-state index >= 15 is 0 Å². The molecule has 0 spiro atoms. The van der Waals surface area contributed by atoms with Crippen LogP contribution in [0.4, 0.5) is 0 Å². The molecule has 6 heteroatoms. The maximum absolute atomic E-state index is 5.40. The van der Waals surface area contributed by atoms with Crippen molar-refractivity contribution >= 4 is 0 Å². The highest BCUT2D eigenvalue weighted by Crippen LogP contribution is 2.23. The van der Waals surface area contributed by atoms with Gasteiger partial charge in [-0.25, -0.2) is 0 Å². The molecule has 3 heterocycles. The third-order valence-electron chi connectivity index (χ3n) is 3.75. The van der Waals surface area contributed by atoms with Crippen LogP contribution in [-0.4, -0.2) is 46.2 Å². The van der Waals surface area contributed by atoms with Crippen molar-refractivity contribution in [2.24, 2.45) is 0 Å². The van der Waals surface area contributed by atoms with Crippen molar-refractivity contribution in [2.75, 3.05) is 26.2 Å². The Morgan fingerprint density at radius 1 is 1.35 bits per heavy atom. The molecule has 3 rings (SSSR count). The van der Waals surface area contributed by atoms with Gasteiger partial charge in [-0.15, -0.1) is 0 Å². The van der Waals surface area contributed by atoms with Crippen LogP contribution in [0.5, 0.6) is 0 Å². The molecule has 1 aliphatic rings. The van der Waals surface area contributed by atoms with Gasteiger partial charge in [-0.2, -0.15) is 4.98 Å². The van der Waals surface area contributed by atoms with Gasteiger partial charge in [0.15, 0.2) is 5.82 Å². The largest absolute Gasteiger partial charge is 0.334 e. The van der Waals surface area contributed by atoms with E-state index < -0.39 is 0 Å². The van der Waals surface area contributed by atoms with E-state index in [1.165, 1.54) is 0 Å². The molecule has 0 aromatic carbocycles. The normalized spacial score (nSPS) is 18.1. The minimum absolute atomic E-state index is 0.173.